The number of nitrogens with one attached hydrogen (secondary N) is 2. The number of carbonyl (C=O) groups excluding carboxylic acids is 2. The van der Waals surface area contributed by atoms with Gasteiger partial charge in [-0.2, -0.15) is 0 Å². The SMILES string of the molecule is Cc1cccc(NC(=O)[C@@H]2CC(=O)N(CCc3c[nH]c4ccc(F)cc34)C2)c1C. The number of hydrogen-bond acceptors (Lipinski definition) is 2. The van der Waals surface area contributed by atoms with Crippen LogP contribution in [-0.2, 0) is 16.0 Å². The molecule has 1 atom stereocenters. The molecule has 1 saturated heterocycles. The van der Waals surface area contributed by atoms with Gasteiger partial charge in [-0.1, -0.05) is 12.1 Å². The summed E-state index contributed by atoms with van der Waals surface area (Å²) in [6, 6.07) is 10.4. The van der Waals surface area contributed by atoms with Crippen molar-refractivity contribution in [3.05, 3.63) is 65.1 Å². The van der Waals surface area contributed by atoms with Crippen LogP contribution in [0.5, 0.6) is 0 Å². The number of anilines is 1. The third-order valence-electron chi connectivity index (χ3n) is 5.83. The van der Waals surface area contributed by atoms with E-state index in [0.29, 0.717) is 19.5 Å². The molecule has 1 aliphatic heterocycles. The standard InChI is InChI=1S/C23H24FN3O2/c1-14-4-3-5-20(15(14)2)26-23(29)17-10-22(28)27(13-17)9-8-16-12-25-21-7-6-18(24)11-19(16)21/h3-7,11-12,17,25H,8-10,13H2,1-2H3,(H,26,29)/t17-/m1/s1. The normalized spacial score (nSPS) is 16.6. The van der Waals surface area contributed by atoms with Crippen molar-refractivity contribution >= 4 is 28.4 Å². The number of rotatable bonds is 5. The number of halogens is 1. The number of benzene rings is 2. The monoisotopic (exact) mass is 393 g/mol. The summed E-state index contributed by atoms with van der Waals surface area (Å²) < 4.78 is 13.5. The second kappa shape index (κ2) is 7.70. The van der Waals surface area contributed by atoms with E-state index in [9.17, 15) is 14.0 Å². The summed E-state index contributed by atoms with van der Waals surface area (Å²) in [5, 5.41) is 3.80. The predicted molar refractivity (Wildman–Crippen MR) is 111 cm³/mol. The van der Waals surface area contributed by atoms with Crippen molar-refractivity contribution in [1.29, 1.82) is 0 Å². The fourth-order valence-electron chi connectivity index (χ4n) is 3.90. The van der Waals surface area contributed by atoms with Gasteiger partial charge in [-0.15, -0.1) is 0 Å². The maximum absolute atomic E-state index is 13.5. The molecule has 2 amide bonds. The Kier molecular flexibility index (Phi) is 5.09. The second-order valence-corrected chi connectivity index (χ2v) is 7.73. The van der Waals surface area contributed by atoms with Crippen LogP contribution in [-0.4, -0.2) is 34.8 Å². The summed E-state index contributed by atoms with van der Waals surface area (Å²) in [5.74, 6) is -0.776. The number of H-pyrrole nitrogens is 1. The van der Waals surface area contributed by atoms with Gasteiger partial charge in [0, 0.05) is 42.3 Å². The number of amides is 2. The van der Waals surface area contributed by atoms with Gasteiger partial charge >= 0.3 is 0 Å². The molecule has 0 bridgehead atoms. The van der Waals surface area contributed by atoms with E-state index < -0.39 is 0 Å². The molecule has 3 aromatic rings. The lowest BCUT2D eigenvalue weighted by molar-refractivity contribution is -0.128. The Hall–Kier alpha value is -3.15. The molecule has 4 rings (SSSR count). The van der Waals surface area contributed by atoms with Gasteiger partial charge in [0.15, 0.2) is 0 Å². The minimum absolute atomic E-state index is 0.0165. The molecular formula is C23H24FN3O2. The van der Waals surface area contributed by atoms with Gasteiger partial charge in [-0.3, -0.25) is 9.59 Å². The first-order chi connectivity index (χ1) is 13.9. The number of aromatic amines is 1. The predicted octanol–water partition coefficient (Wildman–Crippen LogP) is 3.95. The largest absolute Gasteiger partial charge is 0.361 e. The van der Waals surface area contributed by atoms with E-state index in [-0.39, 0.29) is 30.0 Å². The maximum atomic E-state index is 13.5. The van der Waals surface area contributed by atoms with Crippen LogP contribution >= 0.6 is 0 Å². The molecule has 1 aliphatic rings. The Morgan fingerprint density at radius 2 is 2.10 bits per heavy atom. The highest BCUT2D eigenvalue weighted by Gasteiger charge is 2.34. The minimum atomic E-state index is -0.358. The molecule has 0 radical (unpaired) electrons. The zero-order valence-electron chi connectivity index (χ0n) is 16.6. The van der Waals surface area contributed by atoms with Gasteiger partial charge in [0.25, 0.3) is 0 Å². The van der Waals surface area contributed by atoms with Crippen LogP contribution in [0.3, 0.4) is 0 Å². The zero-order chi connectivity index (χ0) is 20.5. The van der Waals surface area contributed by atoms with E-state index in [0.717, 1.165) is 33.3 Å². The molecule has 1 fully saturated rings. The van der Waals surface area contributed by atoms with E-state index in [1.54, 1.807) is 11.0 Å². The first-order valence-electron chi connectivity index (χ1n) is 9.82. The maximum Gasteiger partial charge on any atom is 0.229 e. The quantitative estimate of drug-likeness (QED) is 0.689. The van der Waals surface area contributed by atoms with Crippen molar-refractivity contribution in [2.75, 3.05) is 18.4 Å². The molecule has 29 heavy (non-hydrogen) atoms. The Morgan fingerprint density at radius 3 is 2.93 bits per heavy atom. The van der Waals surface area contributed by atoms with E-state index in [2.05, 4.69) is 10.3 Å². The van der Waals surface area contributed by atoms with Gasteiger partial charge in [0.05, 0.1) is 5.92 Å². The van der Waals surface area contributed by atoms with Gasteiger partial charge in [0.2, 0.25) is 11.8 Å². The number of fused-ring (bicyclic) bond motifs is 1. The van der Waals surface area contributed by atoms with Crippen LogP contribution in [0.1, 0.15) is 23.1 Å². The van der Waals surface area contributed by atoms with Crippen molar-refractivity contribution < 1.29 is 14.0 Å². The topological polar surface area (TPSA) is 65.2 Å². The van der Waals surface area contributed by atoms with E-state index in [1.165, 1.54) is 12.1 Å². The Labute approximate surface area is 168 Å². The number of aromatic nitrogens is 1. The number of likely N-dealkylation sites (tertiary alicyclic amines) is 1. The van der Waals surface area contributed by atoms with Crippen LogP contribution < -0.4 is 5.32 Å². The van der Waals surface area contributed by atoms with Crippen molar-refractivity contribution in [2.24, 2.45) is 5.92 Å². The molecule has 2 N–H and O–H groups in total. The molecule has 2 heterocycles. The highest BCUT2D eigenvalue weighted by Crippen LogP contribution is 2.24. The Morgan fingerprint density at radius 1 is 1.28 bits per heavy atom. The zero-order valence-corrected chi connectivity index (χ0v) is 16.6. The van der Waals surface area contributed by atoms with Gasteiger partial charge in [-0.25, -0.2) is 4.39 Å². The van der Waals surface area contributed by atoms with Crippen molar-refractivity contribution in [2.45, 2.75) is 26.7 Å². The lowest BCUT2D eigenvalue weighted by atomic mass is 10.1. The van der Waals surface area contributed by atoms with Gasteiger partial charge < -0.3 is 15.2 Å². The van der Waals surface area contributed by atoms with E-state index in [4.69, 9.17) is 0 Å². The van der Waals surface area contributed by atoms with Crippen molar-refractivity contribution in [3.63, 3.8) is 0 Å². The molecule has 1 aromatic heterocycles. The first kappa shape index (κ1) is 19.2. The smallest absolute Gasteiger partial charge is 0.229 e. The fraction of sp³-hybridized carbons (Fsp3) is 0.304. The summed E-state index contributed by atoms with van der Waals surface area (Å²) in [4.78, 5) is 30.0. The highest BCUT2D eigenvalue weighted by molar-refractivity contribution is 5.97. The second-order valence-electron chi connectivity index (χ2n) is 7.73. The molecule has 2 aromatic carbocycles. The molecule has 0 saturated carbocycles. The van der Waals surface area contributed by atoms with Crippen molar-refractivity contribution in [3.8, 4) is 0 Å². The number of hydrogen-bond donors (Lipinski definition) is 2. The van der Waals surface area contributed by atoms with Gasteiger partial charge in [0.1, 0.15) is 5.82 Å². The van der Waals surface area contributed by atoms with Crippen LogP contribution in [0.25, 0.3) is 10.9 Å². The Balaban J connectivity index is 1.39. The van der Waals surface area contributed by atoms with E-state index >= 15 is 0 Å². The third kappa shape index (κ3) is 3.88. The third-order valence-corrected chi connectivity index (χ3v) is 5.83. The van der Waals surface area contributed by atoms with E-state index in [1.807, 2.05) is 38.2 Å². The van der Waals surface area contributed by atoms with Gasteiger partial charge in [-0.05, 0) is 61.2 Å². The molecule has 0 unspecified atom stereocenters. The summed E-state index contributed by atoms with van der Waals surface area (Å²) in [6.07, 6.45) is 2.69. The Bertz CT molecular complexity index is 1090. The summed E-state index contributed by atoms with van der Waals surface area (Å²) in [5.41, 5.74) is 4.79. The fourth-order valence-corrected chi connectivity index (χ4v) is 3.90. The number of nitrogens with zero attached hydrogens (tertiary/aromatic N) is 1. The number of carbonyl (C=O) groups is 2. The summed E-state index contributed by atoms with van der Waals surface area (Å²) in [7, 11) is 0. The summed E-state index contributed by atoms with van der Waals surface area (Å²) in [6.45, 7) is 4.89. The molecule has 0 aliphatic carbocycles. The van der Waals surface area contributed by atoms with Crippen LogP contribution in [0.2, 0.25) is 0 Å². The molecule has 150 valence electrons. The summed E-state index contributed by atoms with van der Waals surface area (Å²) >= 11 is 0. The van der Waals surface area contributed by atoms with Crippen LogP contribution in [0.4, 0.5) is 10.1 Å². The minimum Gasteiger partial charge on any atom is -0.361 e. The lowest BCUT2D eigenvalue weighted by Crippen LogP contribution is -2.30. The van der Waals surface area contributed by atoms with Crippen LogP contribution in [0, 0.1) is 25.6 Å². The lowest BCUT2D eigenvalue weighted by Gasteiger charge is -2.17. The molecule has 6 heteroatoms. The average molecular weight is 393 g/mol. The van der Waals surface area contributed by atoms with Crippen molar-refractivity contribution in [1.82, 2.24) is 9.88 Å². The van der Waals surface area contributed by atoms with Crippen LogP contribution in [0.15, 0.2) is 42.6 Å². The average Bonchev–Trinajstić information content (AvgIpc) is 3.26. The highest BCUT2D eigenvalue weighted by atomic mass is 19.1. The molecular weight excluding hydrogens is 369 g/mol. The molecule has 0 spiro atoms. The first-order valence-corrected chi connectivity index (χ1v) is 9.82. The molecule has 5 nitrogen and oxygen atoms in total. The number of aryl methyl sites for hydroxylation is 1.